The third-order valence-electron chi connectivity index (χ3n) is 4.39. The zero-order valence-electron chi connectivity index (χ0n) is 14.2. The molecule has 4 aromatic heterocycles. The Balaban J connectivity index is 1.43. The molecule has 1 aromatic carbocycles. The Hall–Kier alpha value is -3.06. The number of benzene rings is 1. The van der Waals surface area contributed by atoms with E-state index in [1.54, 1.807) is 17.7 Å². The molecule has 0 bridgehead atoms. The van der Waals surface area contributed by atoms with E-state index in [1.165, 1.54) is 5.56 Å². The van der Waals surface area contributed by atoms with Gasteiger partial charge in [0, 0.05) is 18.1 Å². The Labute approximate surface area is 153 Å². The van der Waals surface area contributed by atoms with Crippen molar-refractivity contribution >= 4 is 48.6 Å². The van der Waals surface area contributed by atoms with Gasteiger partial charge in [0.15, 0.2) is 0 Å². The van der Waals surface area contributed by atoms with Crippen LogP contribution in [0.25, 0.3) is 31.5 Å². The Kier molecular flexibility index (Phi) is 3.53. The Morgan fingerprint density at radius 2 is 2.12 bits per heavy atom. The third kappa shape index (κ3) is 2.57. The van der Waals surface area contributed by atoms with Gasteiger partial charge in [-0.2, -0.15) is 0 Å². The summed E-state index contributed by atoms with van der Waals surface area (Å²) < 4.78 is 1.06. The standard InChI is InChI=1S/C19H16N6S/c1-11-24-16-13-3-2-7-21-19(13)26-17(16)18(25-11)20-8-6-12-4-5-14-15(9-12)23-10-22-14/h2-5,7,9-10H,6,8H2,1H3,(H,22,23)(H,20,24,25). The molecule has 0 aliphatic heterocycles. The fourth-order valence-electron chi connectivity index (χ4n) is 3.17. The Morgan fingerprint density at radius 1 is 1.15 bits per heavy atom. The lowest BCUT2D eigenvalue weighted by molar-refractivity contribution is 0.997. The lowest BCUT2D eigenvalue weighted by atomic mass is 10.1. The minimum atomic E-state index is 0.765. The smallest absolute Gasteiger partial charge is 0.147 e. The molecule has 0 saturated carbocycles. The number of aromatic nitrogens is 5. The molecule has 0 radical (unpaired) electrons. The van der Waals surface area contributed by atoms with E-state index in [1.807, 2.05) is 19.2 Å². The number of aromatic amines is 1. The van der Waals surface area contributed by atoms with Crippen molar-refractivity contribution in [1.82, 2.24) is 24.9 Å². The summed E-state index contributed by atoms with van der Waals surface area (Å²) in [4.78, 5) is 22.1. The van der Waals surface area contributed by atoms with E-state index in [0.717, 1.165) is 56.1 Å². The number of hydrogen-bond donors (Lipinski definition) is 2. The number of nitrogens with one attached hydrogen (secondary N) is 2. The molecule has 26 heavy (non-hydrogen) atoms. The van der Waals surface area contributed by atoms with Gasteiger partial charge in [-0.15, -0.1) is 11.3 Å². The SMILES string of the molecule is Cc1nc(NCCc2ccc3[nH]cnc3c2)c2sc3ncccc3c2n1. The number of hydrogen-bond acceptors (Lipinski definition) is 6. The zero-order chi connectivity index (χ0) is 17.5. The van der Waals surface area contributed by atoms with Gasteiger partial charge in [-0.3, -0.25) is 0 Å². The number of H-pyrrole nitrogens is 1. The molecule has 0 aliphatic rings. The molecule has 128 valence electrons. The van der Waals surface area contributed by atoms with Crippen molar-refractivity contribution in [2.75, 3.05) is 11.9 Å². The second kappa shape index (κ2) is 6.03. The van der Waals surface area contributed by atoms with E-state index < -0.39 is 0 Å². The van der Waals surface area contributed by atoms with E-state index >= 15 is 0 Å². The number of rotatable bonds is 4. The summed E-state index contributed by atoms with van der Waals surface area (Å²) in [6.45, 7) is 2.72. The first-order chi connectivity index (χ1) is 12.8. The quantitative estimate of drug-likeness (QED) is 0.505. The molecule has 0 unspecified atom stereocenters. The predicted molar refractivity (Wildman–Crippen MR) is 106 cm³/mol. The van der Waals surface area contributed by atoms with Gasteiger partial charge in [0.1, 0.15) is 16.5 Å². The van der Waals surface area contributed by atoms with Crippen molar-refractivity contribution in [3.63, 3.8) is 0 Å². The van der Waals surface area contributed by atoms with Crippen LogP contribution in [0.2, 0.25) is 0 Å². The maximum Gasteiger partial charge on any atom is 0.147 e. The Morgan fingerprint density at radius 3 is 3.08 bits per heavy atom. The number of pyridine rings is 1. The number of fused-ring (bicyclic) bond motifs is 4. The van der Waals surface area contributed by atoms with Crippen molar-refractivity contribution in [2.45, 2.75) is 13.3 Å². The molecule has 0 atom stereocenters. The molecule has 6 nitrogen and oxygen atoms in total. The minimum Gasteiger partial charge on any atom is -0.368 e. The van der Waals surface area contributed by atoms with Gasteiger partial charge in [0.05, 0.1) is 27.6 Å². The third-order valence-corrected chi connectivity index (χ3v) is 5.50. The number of anilines is 1. The number of aryl methyl sites for hydroxylation is 1. The highest BCUT2D eigenvalue weighted by Crippen LogP contribution is 2.34. The maximum absolute atomic E-state index is 4.63. The van der Waals surface area contributed by atoms with E-state index in [2.05, 4.69) is 54.5 Å². The van der Waals surface area contributed by atoms with Crippen molar-refractivity contribution in [3.8, 4) is 0 Å². The Bertz CT molecular complexity index is 1240. The molecule has 0 fully saturated rings. The van der Waals surface area contributed by atoms with Crippen molar-refractivity contribution < 1.29 is 0 Å². The number of thiophene rings is 1. The maximum atomic E-state index is 4.63. The topological polar surface area (TPSA) is 79.4 Å². The van der Waals surface area contributed by atoms with E-state index in [0.29, 0.717) is 0 Å². The summed E-state index contributed by atoms with van der Waals surface area (Å²) in [5.74, 6) is 1.65. The minimum absolute atomic E-state index is 0.765. The molecule has 5 aromatic rings. The fourth-order valence-corrected chi connectivity index (χ4v) is 4.22. The first-order valence-corrected chi connectivity index (χ1v) is 9.27. The van der Waals surface area contributed by atoms with Crippen LogP contribution < -0.4 is 5.32 Å². The first-order valence-electron chi connectivity index (χ1n) is 8.46. The molecule has 0 spiro atoms. The van der Waals surface area contributed by atoms with Gasteiger partial charge in [0.25, 0.3) is 0 Å². The predicted octanol–water partition coefficient (Wildman–Crippen LogP) is 4.08. The van der Waals surface area contributed by atoms with Crippen LogP contribution in [0.4, 0.5) is 5.82 Å². The molecule has 5 rings (SSSR count). The molecule has 4 heterocycles. The van der Waals surface area contributed by atoms with Gasteiger partial charge in [-0.05, 0) is 43.2 Å². The lowest BCUT2D eigenvalue weighted by Crippen LogP contribution is -2.07. The van der Waals surface area contributed by atoms with Crippen LogP contribution in [0.5, 0.6) is 0 Å². The molecule has 0 amide bonds. The second-order valence-corrected chi connectivity index (χ2v) is 7.19. The van der Waals surface area contributed by atoms with E-state index in [9.17, 15) is 0 Å². The summed E-state index contributed by atoms with van der Waals surface area (Å²) in [6, 6.07) is 10.3. The van der Waals surface area contributed by atoms with Crippen molar-refractivity contribution in [3.05, 3.63) is 54.2 Å². The van der Waals surface area contributed by atoms with Crippen LogP contribution in [0, 0.1) is 6.92 Å². The largest absolute Gasteiger partial charge is 0.368 e. The summed E-state index contributed by atoms with van der Waals surface area (Å²) in [5.41, 5.74) is 4.29. The molecular formula is C19H16N6S. The normalized spacial score (nSPS) is 11.6. The first kappa shape index (κ1) is 15.2. The monoisotopic (exact) mass is 360 g/mol. The summed E-state index contributed by atoms with van der Waals surface area (Å²) in [6.07, 6.45) is 4.44. The lowest BCUT2D eigenvalue weighted by Gasteiger charge is -2.07. The van der Waals surface area contributed by atoms with E-state index in [4.69, 9.17) is 0 Å². The molecule has 2 N–H and O–H groups in total. The summed E-state index contributed by atoms with van der Waals surface area (Å²) in [5, 5.41) is 4.57. The van der Waals surface area contributed by atoms with Crippen molar-refractivity contribution in [2.24, 2.45) is 0 Å². The van der Waals surface area contributed by atoms with E-state index in [-0.39, 0.29) is 0 Å². The highest BCUT2D eigenvalue weighted by molar-refractivity contribution is 7.25. The van der Waals surface area contributed by atoms with Crippen LogP contribution in [0.3, 0.4) is 0 Å². The average molecular weight is 360 g/mol. The molecule has 0 aliphatic carbocycles. The molecule has 0 saturated heterocycles. The molecule has 7 heteroatoms. The van der Waals surface area contributed by atoms with Gasteiger partial charge >= 0.3 is 0 Å². The van der Waals surface area contributed by atoms with Crippen LogP contribution >= 0.6 is 11.3 Å². The van der Waals surface area contributed by atoms with Gasteiger partial charge in [-0.1, -0.05) is 6.07 Å². The highest BCUT2D eigenvalue weighted by atomic mass is 32.1. The van der Waals surface area contributed by atoms with Crippen LogP contribution in [-0.4, -0.2) is 31.5 Å². The fraction of sp³-hybridized carbons (Fsp3) is 0.158. The van der Waals surface area contributed by atoms with Crippen LogP contribution in [0.15, 0.2) is 42.9 Å². The highest BCUT2D eigenvalue weighted by Gasteiger charge is 2.13. The molecular weight excluding hydrogens is 344 g/mol. The van der Waals surface area contributed by atoms with Gasteiger partial charge < -0.3 is 10.3 Å². The van der Waals surface area contributed by atoms with Crippen molar-refractivity contribution in [1.29, 1.82) is 0 Å². The average Bonchev–Trinajstić information content (AvgIpc) is 3.26. The second-order valence-electron chi connectivity index (χ2n) is 6.19. The summed E-state index contributed by atoms with van der Waals surface area (Å²) in [7, 11) is 0. The van der Waals surface area contributed by atoms with Crippen LogP contribution in [0.1, 0.15) is 11.4 Å². The van der Waals surface area contributed by atoms with Gasteiger partial charge in [0.2, 0.25) is 0 Å². The number of imidazole rings is 1. The van der Waals surface area contributed by atoms with Crippen LogP contribution in [-0.2, 0) is 6.42 Å². The van der Waals surface area contributed by atoms with Gasteiger partial charge in [-0.25, -0.2) is 19.9 Å². The summed E-state index contributed by atoms with van der Waals surface area (Å²) >= 11 is 1.63. The number of nitrogens with zero attached hydrogens (tertiary/aromatic N) is 4. The zero-order valence-corrected chi connectivity index (χ0v) is 15.0.